The maximum absolute atomic E-state index is 13.7. The molecule has 1 saturated heterocycles. The van der Waals surface area contributed by atoms with E-state index in [1.807, 2.05) is 18.2 Å². The number of piperazine rings is 1. The first-order valence-corrected chi connectivity index (χ1v) is 8.61. The van der Waals surface area contributed by atoms with Crippen molar-refractivity contribution in [3.05, 3.63) is 53.3 Å². The van der Waals surface area contributed by atoms with E-state index >= 15 is 0 Å². The van der Waals surface area contributed by atoms with Gasteiger partial charge in [-0.1, -0.05) is 17.7 Å². The fourth-order valence-electron chi connectivity index (χ4n) is 2.81. The number of alkyl halides is 2. The molecule has 1 fully saturated rings. The Morgan fingerprint density at radius 2 is 1.85 bits per heavy atom. The number of nitrogens with one attached hydrogen (secondary N) is 1. The molecule has 3 rings (SSSR count). The Bertz CT molecular complexity index is 814. The van der Waals surface area contributed by atoms with Crippen LogP contribution in [0.1, 0.15) is 0 Å². The number of anilines is 2. The highest BCUT2D eigenvalue weighted by molar-refractivity contribution is 6.30. The molecule has 1 heterocycles. The summed E-state index contributed by atoms with van der Waals surface area (Å²) in [4.78, 5) is 16.1. The smallest absolute Gasteiger partial charge is 0.387 e. The van der Waals surface area contributed by atoms with Crippen LogP contribution >= 0.6 is 11.6 Å². The van der Waals surface area contributed by atoms with Crippen molar-refractivity contribution in [3.63, 3.8) is 0 Å². The summed E-state index contributed by atoms with van der Waals surface area (Å²) < 4.78 is 42.1. The Morgan fingerprint density at radius 3 is 2.48 bits per heavy atom. The number of halogens is 4. The molecular formula is C18H17ClF3N3O2. The summed E-state index contributed by atoms with van der Waals surface area (Å²) in [5.74, 6) is -1.54. The normalized spacial score (nSPS) is 14.4. The average Bonchev–Trinajstić information content (AvgIpc) is 2.64. The van der Waals surface area contributed by atoms with E-state index in [4.69, 9.17) is 11.6 Å². The Labute approximate surface area is 159 Å². The Morgan fingerprint density at radius 1 is 1.11 bits per heavy atom. The van der Waals surface area contributed by atoms with Gasteiger partial charge in [0.15, 0.2) is 11.6 Å². The first-order chi connectivity index (χ1) is 12.9. The zero-order valence-corrected chi connectivity index (χ0v) is 14.9. The third-order valence-electron chi connectivity index (χ3n) is 4.14. The summed E-state index contributed by atoms with van der Waals surface area (Å²) >= 11 is 6.00. The molecule has 1 aliphatic heterocycles. The van der Waals surface area contributed by atoms with Crippen LogP contribution in [0.2, 0.25) is 5.02 Å². The van der Waals surface area contributed by atoms with Crippen LogP contribution in [0.5, 0.6) is 5.75 Å². The van der Waals surface area contributed by atoms with E-state index in [0.29, 0.717) is 31.2 Å². The molecule has 2 amide bonds. The van der Waals surface area contributed by atoms with Gasteiger partial charge in [0.05, 0.1) is 0 Å². The van der Waals surface area contributed by atoms with Gasteiger partial charge in [-0.05, 0) is 30.3 Å². The number of hydrogen-bond donors (Lipinski definition) is 1. The fraction of sp³-hybridized carbons (Fsp3) is 0.278. The van der Waals surface area contributed by atoms with Gasteiger partial charge < -0.3 is 19.9 Å². The molecule has 0 spiro atoms. The number of benzene rings is 2. The second-order valence-corrected chi connectivity index (χ2v) is 6.34. The highest BCUT2D eigenvalue weighted by Crippen LogP contribution is 2.24. The zero-order valence-electron chi connectivity index (χ0n) is 14.2. The van der Waals surface area contributed by atoms with Gasteiger partial charge in [0, 0.05) is 48.6 Å². The number of carbonyl (C=O) groups excluding carboxylic acids is 1. The van der Waals surface area contributed by atoms with Crippen molar-refractivity contribution in [1.82, 2.24) is 4.90 Å². The zero-order chi connectivity index (χ0) is 19.4. The summed E-state index contributed by atoms with van der Waals surface area (Å²) in [7, 11) is 0. The molecule has 0 saturated carbocycles. The van der Waals surface area contributed by atoms with E-state index in [2.05, 4.69) is 15.0 Å². The Balaban J connectivity index is 1.56. The summed E-state index contributed by atoms with van der Waals surface area (Å²) in [5.41, 5.74) is 1.15. The van der Waals surface area contributed by atoms with Gasteiger partial charge in [-0.15, -0.1) is 0 Å². The van der Waals surface area contributed by atoms with Crippen molar-refractivity contribution >= 4 is 29.0 Å². The van der Waals surface area contributed by atoms with E-state index in [9.17, 15) is 18.0 Å². The lowest BCUT2D eigenvalue weighted by atomic mass is 10.2. The fourth-order valence-corrected chi connectivity index (χ4v) is 3.00. The summed E-state index contributed by atoms with van der Waals surface area (Å²) in [5, 5.41) is 3.21. The van der Waals surface area contributed by atoms with Crippen molar-refractivity contribution in [1.29, 1.82) is 0 Å². The van der Waals surface area contributed by atoms with E-state index in [0.717, 1.165) is 17.8 Å². The van der Waals surface area contributed by atoms with E-state index in [1.165, 1.54) is 6.07 Å². The van der Waals surface area contributed by atoms with Crippen LogP contribution in [0, 0.1) is 5.82 Å². The van der Waals surface area contributed by atoms with E-state index < -0.39 is 18.2 Å². The molecule has 0 unspecified atom stereocenters. The van der Waals surface area contributed by atoms with Crippen molar-refractivity contribution in [2.75, 3.05) is 36.4 Å². The molecule has 9 heteroatoms. The number of rotatable bonds is 4. The Hall–Kier alpha value is -2.61. The van der Waals surface area contributed by atoms with Gasteiger partial charge >= 0.3 is 12.6 Å². The number of ether oxygens (including phenoxy) is 1. The largest absolute Gasteiger partial charge is 0.432 e. The number of nitrogens with zero attached hydrogens (tertiary/aromatic N) is 2. The third-order valence-corrected chi connectivity index (χ3v) is 4.37. The molecule has 2 aromatic carbocycles. The lowest BCUT2D eigenvalue weighted by Gasteiger charge is -2.36. The molecule has 0 radical (unpaired) electrons. The lowest BCUT2D eigenvalue weighted by Crippen LogP contribution is -2.50. The molecule has 2 aromatic rings. The average molecular weight is 400 g/mol. The van der Waals surface area contributed by atoms with Crippen LogP contribution in [0.15, 0.2) is 42.5 Å². The van der Waals surface area contributed by atoms with Crippen LogP contribution in [0.3, 0.4) is 0 Å². The van der Waals surface area contributed by atoms with Crippen LogP contribution in [0.4, 0.5) is 29.3 Å². The summed E-state index contributed by atoms with van der Waals surface area (Å²) in [6.45, 7) is -0.899. The minimum Gasteiger partial charge on any atom is -0.432 e. The van der Waals surface area contributed by atoms with Crippen LogP contribution in [0.25, 0.3) is 0 Å². The van der Waals surface area contributed by atoms with E-state index in [-0.39, 0.29) is 11.7 Å². The topological polar surface area (TPSA) is 44.8 Å². The molecule has 1 N–H and O–H groups in total. The number of hydrogen-bond acceptors (Lipinski definition) is 3. The molecule has 0 aromatic heterocycles. The SMILES string of the molecule is O=C(Nc1ccc(OC(F)F)c(F)c1)N1CCN(c2cccc(Cl)c2)CC1. The molecule has 1 aliphatic rings. The van der Waals surface area contributed by atoms with E-state index in [1.54, 1.807) is 11.0 Å². The van der Waals surface area contributed by atoms with Crippen molar-refractivity contribution in [2.45, 2.75) is 6.61 Å². The second kappa shape index (κ2) is 8.39. The summed E-state index contributed by atoms with van der Waals surface area (Å²) in [6, 6.07) is 10.4. The van der Waals surface area contributed by atoms with Crippen molar-refractivity contribution < 1.29 is 22.7 Å². The molecule has 0 bridgehead atoms. The first kappa shape index (κ1) is 19.2. The van der Waals surface area contributed by atoms with Gasteiger partial charge in [-0.3, -0.25) is 0 Å². The van der Waals surface area contributed by atoms with Gasteiger partial charge in [0.1, 0.15) is 0 Å². The standard InChI is InChI=1S/C18H17ClF3N3O2/c19-12-2-1-3-14(10-12)24-6-8-25(9-7-24)18(26)23-13-4-5-16(15(20)11-13)27-17(21)22/h1-5,10-11,17H,6-9H2,(H,23,26). The second-order valence-electron chi connectivity index (χ2n) is 5.91. The van der Waals surface area contributed by atoms with Gasteiger partial charge in [0.2, 0.25) is 0 Å². The summed E-state index contributed by atoms with van der Waals surface area (Å²) in [6.07, 6.45) is 0. The molecular weight excluding hydrogens is 383 g/mol. The predicted molar refractivity (Wildman–Crippen MR) is 97.3 cm³/mol. The van der Waals surface area contributed by atoms with Crippen LogP contribution < -0.4 is 15.0 Å². The minimum atomic E-state index is -3.12. The third kappa shape index (κ3) is 4.97. The van der Waals surface area contributed by atoms with Gasteiger partial charge in [-0.25, -0.2) is 9.18 Å². The molecule has 144 valence electrons. The molecule has 0 atom stereocenters. The highest BCUT2D eigenvalue weighted by Gasteiger charge is 2.22. The van der Waals surface area contributed by atoms with Gasteiger partial charge in [-0.2, -0.15) is 8.78 Å². The first-order valence-electron chi connectivity index (χ1n) is 8.23. The molecule has 27 heavy (non-hydrogen) atoms. The maximum Gasteiger partial charge on any atom is 0.387 e. The van der Waals surface area contributed by atoms with Crippen molar-refractivity contribution in [2.24, 2.45) is 0 Å². The molecule has 0 aliphatic carbocycles. The number of carbonyl (C=O) groups is 1. The maximum atomic E-state index is 13.7. The highest BCUT2D eigenvalue weighted by atomic mass is 35.5. The predicted octanol–water partition coefficient (Wildman–Crippen LogP) is 4.43. The van der Waals surface area contributed by atoms with Crippen molar-refractivity contribution in [3.8, 4) is 5.75 Å². The quantitative estimate of drug-likeness (QED) is 0.827. The van der Waals surface area contributed by atoms with Crippen LogP contribution in [-0.2, 0) is 0 Å². The van der Waals surface area contributed by atoms with Gasteiger partial charge in [0.25, 0.3) is 0 Å². The monoisotopic (exact) mass is 399 g/mol. The van der Waals surface area contributed by atoms with Crippen LogP contribution in [-0.4, -0.2) is 43.7 Å². The Kier molecular flexibility index (Phi) is 5.95. The minimum absolute atomic E-state index is 0.163. The molecule has 5 nitrogen and oxygen atoms in total. The number of urea groups is 1. The number of amides is 2. The lowest BCUT2D eigenvalue weighted by molar-refractivity contribution is -0.0521.